The van der Waals surface area contributed by atoms with E-state index in [2.05, 4.69) is 68.6 Å². The van der Waals surface area contributed by atoms with Gasteiger partial charge in [0.1, 0.15) is 0 Å². The molecule has 2 aromatic carbocycles. The molecular weight excluding hydrogens is 282 g/mol. The first-order chi connectivity index (χ1) is 11.2. The van der Waals surface area contributed by atoms with Crippen LogP contribution in [0.4, 0.5) is 0 Å². The summed E-state index contributed by atoms with van der Waals surface area (Å²) < 4.78 is 2.03. The highest BCUT2D eigenvalue weighted by molar-refractivity contribution is 5.37. The Kier molecular flexibility index (Phi) is 4.58. The third kappa shape index (κ3) is 3.35. The van der Waals surface area contributed by atoms with Crippen molar-refractivity contribution < 1.29 is 0 Å². The van der Waals surface area contributed by atoms with Crippen LogP contribution in [-0.4, -0.2) is 9.78 Å². The third-order valence-corrected chi connectivity index (χ3v) is 4.33. The first-order valence-electron chi connectivity index (χ1n) is 8.05. The van der Waals surface area contributed by atoms with Crippen molar-refractivity contribution in [3.8, 4) is 5.69 Å². The fraction of sp³-hybridized carbons (Fsp3) is 0.250. The number of para-hydroxylation sites is 1. The molecule has 1 atom stereocenters. The summed E-state index contributed by atoms with van der Waals surface area (Å²) in [5.41, 5.74) is 5.96. The summed E-state index contributed by atoms with van der Waals surface area (Å²) in [4.78, 5) is 0. The van der Waals surface area contributed by atoms with E-state index < -0.39 is 0 Å². The Hall–Kier alpha value is -2.39. The van der Waals surface area contributed by atoms with E-state index in [0.29, 0.717) is 6.04 Å². The summed E-state index contributed by atoms with van der Waals surface area (Å²) in [7, 11) is 0. The van der Waals surface area contributed by atoms with E-state index in [1.165, 1.54) is 16.8 Å². The average molecular weight is 305 g/mol. The normalized spacial score (nSPS) is 12.3. The number of nitrogens with one attached hydrogen (secondary N) is 1. The predicted octanol–water partition coefficient (Wildman–Crippen LogP) is 4.34. The summed E-state index contributed by atoms with van der Waals surface area (Å²) >= 11 is 0. The van der Waals surface area contributed by atoms with Crippen LogP contribution in [0.1, 0.15) is 35.5 Å². The fourth-order valence-electron chi connectivity index (χ4n) is 2.87. The Morgan fingerprint density at radius 2 is 1.57 bits per heavy atom. The van der Waals surface area contributed by atoms with Gasteiger partial charge in [-0.1, -0.05) is 48.5 Å². The molecule has 3 heteroatoms. The highest BCUT2D eigenvalue weighted by atomic mass is 15.3. The van der Waals surface area contributed by atoms with Crippen molar-refractivity contribution in [2.75, 3.05) is 0 Å². The molecular formula is C20H23N3. The Labute approximate surface area is 138 Å². The van der Waals surface area contributed by atoms with Gasteiger partial charge >= 0.3 is 0 Å². The van der Waals surface area contributed by atoms with Gasteiger partial charge < -0.3 is 5.32 Å². The lowest BCUT2D eigenvalue weighted by Gasteiger charge is -2.14. The number of rotatable bonds is 5. The smallest absolute Gasteiger partial charge is 0.0648 e. The molecule has 0 spiro atoms. The van der Waals surface area contributed by atoms with Crippen LogP contribution in [0, 0.1) is 13.8 Å². The molecule has 0 aliphatic rings. The zero-order valence-electron chi connectivity index (χ0n) is 14.0. The van der Waals surface area contributed by atoms with Gasteiger partial charge in [0.2, 0.25) is 0 Å². The molecule has 0 aliphatic carbocycles. The largest absolute Gasteiger partial charge is 0.306 e. The molecule has 0 unspecified atom stereocenters. The van der Waals surface area contributed by atoms with Crippen molar-refractivity contribution in [2.24, 2.45) is 0 Å². The summed E-state index contributed by atoms with van der Waals surface area (Å²) in [6, 6.07) is 21.1. The zero-order chi connectivity index (χ0) is 16.2. The first kappa shape index (κ1) is 15.5. The lowest BCUT2D eigenvalue weighted by Crippen LogP contribution is -2.18. The molecule has 118 valence electrons. The second-order valence-corrected chi connectivity index (χ2v) is 5.91. The van der Waals surface area contributed by atoms with Gasteiger partial charge in [0, 0.05) is 23.8 Å². The number of aryl methyl sites for hydroxylation is 1. The molecule has 3 rings (SSSR count). The third-order valence-electron chi connectivity index (χ3n) is 4.33. The van der Waals surface area contributed by atoms with Crippen molar-refractivity contribution in [2.45, 2.75) is 33.4 Å². The molecule has 0 bridgehead atoms. The van der Waals surface area contributed by atoms with Crippen LogP contribution >= 0.6 is 0 Å². The number of hydrogen-bond acceptors (Lipinski definition) is 2. The maximum Gasteiger partial charge on any atom is 0.0648 e. The van der Waals surface area contributed by atoms with Crippen LogP contribution < -0.4 is 5.32 Å². The maximum absolute atomic E-state index is 4.71. The minimum Gasteiger partial charge on any atom is -0.306 e. The quantitative estimate of drug-likeness (QED) is 0.760. The second-order valence-electron chi connectivity index (χ2n) is 5.91. The molecule has 0 fully saturated rings. The number of benzene rings is 2. The van der Waals surface area contributed by atoms with E-state index in [1.807, 2.05) is 22.9 Å². The SMILES string of the molecule is Cc1nn(-c2ccccc2)c(C)c1CN[C@@H](C)c1ccccc1. The topological polar surface area (TPSA) is 29.9 Å². The van der Waals surface area contributed by atoms with Crippen LogP contribution in [0.5, 0.6) is 0 Å². The van der Waals surface area contributed by atoms with E-state index in [9.17, 15) is 0 Å². The number of aromatic nitrogens is 2. The first-order valence-corrected chi connectivity index (χ1v) is 8.05. The Morgan fingerprint density at radius 1 is 0.957 bits per heavy atom. The van der Waals surface area contributed by atoms with E-state index in [0.717, 1.165) is 17.9 Å². The van der Waals surface area contributed by atoms with Gasteiger partial charge in [0.05, 0.1) is 11.4 Å². The predicted molar refractivity (Wildman–Crippen MR) is 94.7 cm³/mol. The standard InChI is InChI=1S/C20H23N3/c1-15(18-10-6-4-7-11-18)21-14-20-16(2)22-23(17(20)3)19-12-8-5-9-13-19/h4-13,15,21H,14H2,1-3H3/t15-/m0/s1. The Balaban J connectivity index is 1.78. The monoisotopic (exact) mass is 305 g/mol. The molecule has 0 radical (unpaired) electrons. The van der Waals surface area contributed by atoms with Crippen molar-refractivity contribution in [1.82, 2.24) is 15.1 Å². The molecule has 3 aromatic rings. The van der Waals surface area contributed by atoms with E-state index in [4.69, 9.17) is 5.10 Å². The molecule has 1 aromatic heterocycles. The molecule has 23 heavy (non-hydrogen) atoms. The summed E-state index contributed by atoms with van der Waals surface area (Å²) in [5.74, 6) is 0. The highest BCUT2D eigenvalue weighted by Crippen LogP contribution is 2.19. The lowest BCUT2D eigenvalue weighted by molar-refractivity contribution is 0.572. The molecule has 1 N–H and O–H groups in total. The van der Waals surface area contributed by atoms with Gasteiger partial charge in [-0.15, -0.1) is 0 Å². The lowest BCUT2D eigenvalue weighted by atomic mass is 10.1. The molecule has 0 aliphatic heterocycles. The van der Waals surface area contributed by atoms with Crippen molar-refractivity contribution in [3.05, 3.63) is 83.2 Å². The summed E-state index contributed by atoms with van der Waals surface area (Å²) in [6.07, 6.45) is 0. The van der Waals surface area contributed by atoms with Crippen LogP contribution in [0.25, 0.3) is 5.69 Å². The molecule has 3 nitrogen and oxygen atoms in total. The summed E-state index contributed by atoms with van der Waals surface area (Å²) in [6.45, 7) is 7.23. The zero-order valence-corrected chi connectivity index (χ0v) is 14.0. The minimum absolute atomic E-state index is 0.315. The van der Waals surface area contributed by atoms with Crippen LogP contribution in [0.3, 0.4) is 0 Å². The maximum atomic E-state index is 4.71. The summed E-state index contributed by atoms with van der Waals surface area (Å²) in [5, 5.41) is 8.32. The minimum atomic E-state index is 0.315. The van der Waals surface area contributed by atoms with Crippen LogP contribution in [0.2, 0.25) is 0 Å². The van der Waals surface area contributed by atoms with Crippen LogP contribution in [0.15, 0.2) is 60.7 Å². The highest BCUT2D eigenvalue weighted by Gasteiger charge is 2.13. The average Bonchev–Trinajstić information content (AvgIpc) is 2.88. The number of nitrogens with zero attached hydrogens (tertiary/aromatic N) is 2. The van der Waals surface area contributed by atoms with Crippen molar-refractivity contribution in [1.29, 1.82) is 0 Å². The van der Waals surface area contributed by atoms with Crippen molar-refractivity contribution >= 4 is 0 Å². The van der Waals surface area contributed by atoms with Gasteiger partial charge in [-0.3, -0.25) is 0 Å². The van der Waals surface area contributed by atoms with Gasteiger partial charge in [-0.25, -0.2) is 4.68 Å². The Bertz CT molecular complexity index is 760. The second kappa shape index (κ2) is 6.80. The van der Waals surface area contributed by atoms with E-state index >= 15 is 0 Å². The van der Waals surface area contributed by atoms with Gasteiger partial charge in [0.25, 0.3) is 0 Å². The fourth-order valence-corrected chi connectivity index (χ4v) is 2.87. The van der Waals surface area contributed by atoms with E-state index in [1.54, 1.807) is 0 Å². The number of hydrogen-bond donors (Lipinski definition) is 1. The molecule has 0 saturated heterocycles. The van der Waals surface area contributed by atoms with Crippen LogP contribution in [-0.2, 0) is 6.54 Å². The van der Waals surface area contributed by atoms with Crippen molar-refractivity contribution in [3.63, 3.8) is 0 Å². The molecule has 0 amide bonds. The van der Waals surface area contributed by atoms with Gasteiger partial charge in [-0.05, 0) is 38.5 Å². The molecule has 1 heterocycles. The molecule has 0 saturated carbocycles. The van der Waals surface area contributed by atoms with Gasteiger partial charge in [0.15, 0.2) is 0 Å². The van der Waals surface area contributed by atoms with Gasteiger partial charge in [-0.2, -0.15) is 5.10 Å². The van der Waals surface area contributed by atoms with E-state index in [-0.39, 0.29) is 0 Å². The Morgan fingerprint density at radius 3 is 2.22 bits per heavy atom.